The van der Waals surface area contributed by atoms with Crippen molar-refractivity contribution in [3.63, 3.8) is 0 Å². The van der Waals surface area contributed by atoms with Crippen molar-refractivity contribution in [2.45, 2.75) is 31.9 Å². The fourth-order valence-electron chi connectivity index (χ4n) is 1.88. The van der Waals surface area contributed by atoms with Gasteiger partial charge >= 0.3 is 6.18 Å². The molecule has 0 radical (unpaired) electrons. The van der Waals surface area contributed by atoms with Crippen LogP contribution in [0.25, 0.3) is 0 Å². The molecule has 2 rings (SSSR count). The number of fused-ring (bicyclic) bond motifs is 1. The minimum atomic E-state index is -4.47. The third-order valence-corrected chi connectivity index (χ3v) is 2.57. The van der Waals surface area contributed by atoms with Crippen LogP contribution in [-0.4, -0.2) is 9.94 Å². The van der Waals surface area contributed by atoms with E-state index in [0.717, 1.165) is 18.9 Å². The molecular formula is C9H10F3NO. The first-order valence-corrected chi connectivity index (χ1v) is 4.50. The van der Waals surface area contributed by atoms with Crippen molar-refractivity contribution in [1.82, 2.24) is 4.73 Å². The first kappa shape index (κ1) is 9.43. The van der Waals surface area contributed by atoms with Gasteiger partial charge < -0.3 is 5.21 Å². The second-order valence-electron chi connectivity index (χ2n) is 3.52. The van der Waals surface area contributed by atoms with Gasteiger partial charge in [-0.3, -0.25) is 0 Å². The molecule has 78 valence electrons. The molecule has 0 aliphatic heterocycles. The summed E-state index contributed by atoms with van der Waals surface area (Å²) < 4.78 is 37.4. The lowest BCUT2D eigenvalue weighted by atomic mass is 9.98. The molecule has 0 bridgehead atoms. The molecule has 1 aliphatic rings. The molecule has 0 atom stereocenters. The lowest BCUT2D eigenvalue weighted by Crippen LogP contribution is -2.13. The summed E-state index contributed by atoms with van der Waals surface area (Å²) in [5.41, 5.74) is 0.0963. The predicted octanol–water partition coefficient (Wildman–Crippen LogP) is 2.62. The van der Waals surface area contributed by atoms with Crippen molar-refractivity contribution in [2.24, 2.45) is 0 Å². The van der Waals surface area contributed by atoms with Crippen LogP contribution in [0.5, 0.6) is 0 Å². The fourth-order valence-corrected chi connectivity index (χ4v) is 1.88. The summed E-state index contributed by atoms with van der Waals surface area (Å²) in [6.07, 6.45) is -1.57. The summed E-state index contributed by atoms with van der Waals surface area (Å²) >= 11 is 0. The van der Waals surface area contributed by atoms with Crippen molar-refractivity contribution in [3.8, 4) is 0 Å². The summed E-state index contributed by atoms with van der Waals surface area (Å²) in [6, 6.07) is 1.05. The van der Waals surface area contributed by atoms with Crippen LogP contribution in [-0.2, 0) is 19.0 Å². The van der Waals surface area contributed by atoms with Gasteiger partial charge in [0.2, 0.25) is 0 Å². The molecule has 1 aliphatic carbocycles. The SMILES string of the molecule is On1c(C(F)(F)F)cc2c1CCCC2. The Morgan fingerprint density at radius 3 is 2.43 bits per heavy atom. The molecule has 2 nitrogen and oxygen atoms in total. The van der Waals surface area contributed by atoms with Gasteiger partial charge in [0.25, 0.3) is 0 Å². The van der Waals surface area contributed by atoms with Crippen LogP contribution in [0, 0.1) is 0 Å². The Labute approximate surface area is 78.9 Å². The normalized spacial score (nSPS) is 16.8. The van der Waals surface area contributed by atoms with Crippen molar-refractivity contribution in [3.05, 3.63) is 23.0 Å². The van der Waals surface area contributed by atoms with Gasteiger partial charge in [-0.1, -0.05) is 0 Å². The van der Waals surface area contributed by atoms with Gasteiger partial charge in [-0.15, -0.1) is 0 Å². The number of halogens is 3. The Morgan fingerprint density at radius 2 is 1.86 bits per heavy atom. The van der Waals surface area contributed by atoms with E-state index in [-0.39, 0.29) is 0 Å². The third kappa shape index (κ3) is 1.36. The van der Waals surface area contributed by atoms with E-state index in [1.165, 1.54) is 0 Å². The molecule has 0 saturated carbocycles. The van der Waals surface area contributed by atoms with Gasteiger partial charge in [0.1, 0.15) is 0 Å². The second kappa shape index (κ2) is 2.93. The number of rotatable bonds is 0. The van der Waals surface area contributed by atoms with E-state index in [0.29, 0.717) is 28.8 Å². The number of hydrogen-bond acceptors (Lipinski definition) is 1. The molecule has 5 heteroatoms. The van der Waals surface area contributed by atoms with Gasteiger partial charge in [0, 0.05) is 0 Å². The zero-order valence-corrected chi connectivity index (χ0v) is 7.43. The number of aryl methyl sites for hydroxylation is 1. The largest absolute Gasteiger partial charge is 0.434 e. The van der Waals surface area contributed by atoms with Gasteiger partial charge in [-0.05, 0) is 37.3 Å². The van der Waals surface area contributed by atoms with E-state index < -0.39 is 11.9 Å². The zero-order chi connectivity index (χ0) is 10.3. The number of hydrogen-bond donors (Lipinski definition) is 1. The zero-order valence-electron chi connectivity index (χ0n) is 7.43. The maximum Gasteiger partial charge on any atom is 0.434 e. The molecular weight excluding hydrogens is 195 g/mol. The van der Waals surface area contributed by atoms with E-state index in [1.807, 2.05) is 0 Å². The summed E-state index contributed by atoms with van der Waals surface area (Å²) in [6.45, 7) is 0. The van der Waals surface area contributed by atoms with Crippen LogP contribution < -0.4 is 0 Å². The topological polar surface area (TPSA) is 25.2 Å². The molecule has 1 heterocycles. The lowest BCUT2D eigenvalue weighted by Gasteiger charge is -2.12. The molecule has 0 aromatic carbocycles. The average molecular weight is 205 g/mol. The number of aromatic nitrogens is 1. The Kier molecular flexibility index (Phi) is 1.97. The highest BCUT2D eigenvalue weighted by molar-refractivity contribution is 5.30. The molecule has 0 fully saturated rings. The van der Waals surface area contributed by atoms with E-state index in [4.69, 9.17) is 0 Å². The van der Waals surface area contributed by atoms with Crippen molar-refractivity contribution >= 4 is 0 Å². The van der Waals surface area contributed by atoms with Crippen molar-refractivity contribution in [1.29, 1.82) is 0 Å². The van der Waals surface area contributed by atoms with E-state index in [1.54, 1.807) is 0 Å². The maximum atomic E-state index is 12.4. The monoisotopic (exact) mass is 205 g/mol. The molecule has 1 aromatic rings. The highest BCUT2D eigenvalue weighted by Gasteiger charge is 2.37. The van der Waals surface area contributed by atoms with Gasteiger partial charge in [-0.25, -0.2) is 0 Å². The molecule has 1 N–H and O–H groups in total. The van der Waals surface area contributed by atoms with E-state index in [9.17, 15) is 18.4 Å². The van der Waals surface area contributed by atoms with Crippen molar-refractivity contribution < 1.29 is 18.4 Å². The van der Waals surface area contributed by atoms with E-state index in [2.05, 4.69) is 0 Å². The fraction of sp³-hybridized carbons (Fsp3) is 0.556. The molecule has 0 spiro atoms. The minimum Gasteiger partial charge on any atom is -0.428 e. The van der Waals surface area contributed by atoms with Crippen molar-refractivity contribution in [2.75, 3.05) is 0 Å². The average Bonchev–Trinajstić information content (AvgIpc) is 2.44. The molecule has 1 aromatic heterocycles. The van der Waals surface area contributed by atoms with Crippen LogP contribution in [0.3, 0.4) is 0 Å². The van der Waals surface area contributed by atoms with E-state index >= 15 is 0 Å². The molecule has 0 unspecified atom stereocenters. The Hall–Kier alpha value is -1.13. The Morgan fingerprint density at radius 1 is 1.21 bits per heavy atom. The summed E-state index contributed by atoms with van der Waals surface area (Å²) in [5.74, 6) is 0. The van der Waals surface area contributed by atoms with Crippen LogP contribution in [0.1, 0.15) is 29.8 Å². The standard InChI is InChI=1S/C9H10F3NO/c10-9(11,12)8-5-6-3-1-2-4-7(6)13(8)14/h5,14H,1-4H2. The van der Waals surface area contributed by atoms with Crippen LogP contribution >= 0.6 is 0 Å². The summed E-state index contributed by atoms with van der Waals surface area (Å²) in [5, 5.41) is 9.31. The number of alkyl halides is 3. The molecule has 0 saturated heterocycles. The summed E-state index contributed by atoms with van der Waals surface area (Å²) in [4.78, 5) is 0. The Bertz CT molecular complexity index is 354. The highest BCUT2D eigenvalue weighted by Crippen LogP contribution is 2.34. The van der Waals surface area contributed by atoms with Gasteiger partial charge in [0.15, 0.2) is 5.69 Å². The summed E-state index contributed by atoms with van der Waals surface area (Å²) in [7, 11) is 0. The van der Waals surface area contributed by atoms with Crippen LogP contribution in [0.4, 0.5) is 13.2 Å². The predicted molar refractivity (Wildman–Crippen MR) is 43.3 cm³/mol. The van der Waals surface area contributed by atoms with Gasteiger partial charge in [0.05, 0.1) is 5.69 Å². The third-order valence-electron chi connectivity index (χ3n) is 2.57. The molecule has 0 amide bonds. The number of nitrogens with zero attached hydrogens (tertiary/aromatic N) is 1. The second-order valence-corrected chi connectivity index (χ2v) is 3.52. The quantitative estimate of drug-likeness (QED) is 0.647. The molecule has 14 heavy (non-hydrogen) atoms. The Balaban J connectivity index is 2.49. The lowest BCUT2D eigenvalue weighted by molar-refractivity contribution is -0.150. The minimum absolute atomic E-state index is 0.300. The maximum absolute atomic E-state index is 12.4. The first-order valence-electron chi connectivity index (χ1n) is 4.50. The van der Waals surface area contributed by atoms with Crippen LogP contribution in [0.2, 0.25) is 0 Å². The van der Waals surface area contributed by atoms with Gasteiger partial charge in [-0.2, -0.15) is 17.9 Å². The first-order chi connectivity index (χ1) is 6.50. The highest BCUT2D eigenvalue weighted by atomic mass is 19.4. The van der Waals surface area contributed by atoms with Crippen LogP contribution in [0.15, 0.2) is 6.07 Å². The smallest absolute Gasteiger partial charge is 0.428 e.